The molecule has 0 unspecified atom stereocenters. The van der Waals surface area contributed by atoms with Gasteiger partial charge in [-0.1, -0.05) is 96.1 Å². The molecule has 35 heavy (non-hydrogen) atoms. The lowest BCUT2D eigenvalue weighted by Crippen LogP contribution is -2.49. The predicted octanol–water partition coefficient (Wildman–Crippen LogP) is 5.58. The van der Waals surface area contributed by atoms with Gasteiger partial charge >= 0.3 is 0 Å². The summed E-state index contributed by atoms with van der Waals surface area (Å²) in [5.74, 6) is 0. The standard InChI is InChI=1S/C28H31N3O4/c29-31-30-24-16-17-25(32)27(34-19-22-12-6-2-7-13-22)28(35-20-23-14-8-3-9-15-23)26(24)33-18-21-10-4-1-5-11-21/h1-15,24-28,32H,16-20H2/t24-,25-,26+,27-,28-/m0/s1. The molecule has 5 atom stereocenters. The fraction of sp³-hybridized carbons (Fsp3) is 0.357. The Balaban J connectivity index is 1.60. The smallest absolute Gasteiger partial charge is 0.113 e. The summed E-state index contributed by atoms with van der Waals surface area (Å²) in [6.07, 6.45) is -1.79. The lowest BCUT2D eigenvalue weighted by Gasteiger charge is -2.35. The summed E-state index contributed by atoms with van der Waals surface area (Å²) >= 11 is 0. The van der Waals surface area contributed by atoms with E-state index in [1.807, 2.05) is 91.0 Å². The molecule has 0 spiro atoms. The summed E-state index contributed by atoms with van der Waals surface area (Å²) in [4.78, 5) is 3.07. The van der Waals surface area contributed by atoms with E-state index in [0.717, 1.165) is 16.7 Å². The fourth-order valence-electron chi connectivity index (χ4n) is 4.39. The van der Waals surface area contributed by atoms with Gasteiger partial charge in [-0.3, -0.25) is 0 Å². The van der Waals surface area contributed by atoms with Crippen molar-refractivity contribution in [1.82, 2.24) is 0 Å². The second-order valence-corrected chi connectivity index (χ2v) is 8.70. The average molecular weight is 474 g/mol. The molecular formula is C28H31N3O4. The quantitative estimate of drug-likeness (QED) is 0.180. The third-order valence-electron chi connectivity index (χ3n) is 6.22. The van der Waals surface area contributed by atoms with Crippen molar-refractivity contribution in [1.29, 1.82) is 0 Å². The van der Waals surface area contributed by atoms with E-state index in [2.05, 4.69) is 10.0 Å². The maximum Gasteiger partial charge on any atom is 0.113 e. The van der Waals surface area contributed by atoms with Gasteiger partial charge in [0.15, 0.2) is 0 Å². The SMILES string of the molecule is [N-]=[N+]=N[C@H]1CC[C@H](O)[C@H](OCc2ccccc2)[C@@H](OCc2ccccc2)[C@@H]1OCc1ccccc1. The first-order valence-electron chi connectivity index (χ1n) is 11.9. The van der Waals surface area contributed by atoms with E-state index in [0.29, 0.717) is 32.7 Å². The van der Waals surface area contributed by atoms with Crippen LogP contribution in [0.2, 0.25) is 0 Å². The molecule has 1 aliphatic rings. The first-order valence-corrected chi connectivity index (χ1v) is 11.9. The van der Waals surface area contributed by atoms with Crippen LogP contribution >= 0.6 is 0 Å². The highest BCUT2D eigenvalue weighted by Gasteiger charge is 2.43. The molecule has 0 radical (unpaired) electrons. The van der Waals surface area contributed by atoms with Crippen molar-refractivity contribution >= 4 is 0 Å². The number of aliphatic hydroxyl groups is 1. The molecular weight excluding hydrogens is 442 g/mol. The molecule has 0 aliphatic heterocycles. The van der Waals surface area contributed by atoms with Crippen molar-refractivity contribution in [3.05, 3.63) is 118 Å². The molecule has 1 saturated carbocycles. The number of rotatable bonds is 10. The molecule has 1 aliphatic carbocycles. The normalized spacial score (nSPS) is 24.3. The van der Waals surface area contributed by atoms with E-state index in [1.165, 1.54) is 0 Å². The van der Waals surface area contributed by atoms with Crippen molar-refractivity contribution in [3.63, 3.8) is 0 Å². The van der Waals surface area contributed by atoms with Gasteiger partial charge < -0.3 is 19.3 Å². The van der Waals surface area contributed by atoms with Gasteiger partial charge in [-0.05, 0) is 35.1 Å². The Morgan fingerprint density at radius 3 is 1.54 bits per heavy atom. The van der Waals surface area contributed by atoms with Crippen molar-refractivity contribution in [2.24, 2.45) is 5.11 Å². The van der Waals surface area contributed by atoms with Crippen molar-refractivity contribution in [2.45, 2.75) is 63.1 Å². The molecule has 0 aromatic heterocycles. The Bertz CT molecular complexity index is 1060. The van der Waals surface area contributed by atoms with E-state index >= 15 is 0 Å². The fourth-order valence-corrected chi connectivity index (χ4v) is 4.39. The number of benzene rings is 3. The van der Waals surface area contributed by atoms with E-state index in [1.54, 1.807) is 0 Å². The second kappa shape index (κ2) is 13.0. The van der Waals surface area contributed by atoms with Crippen LogP contribution in [0.3, 0.4) is 0 Å². The zero-order valence-electron chi connectivity index (χ0n) is 19.6. The predicted molar refractivity (Wildman–Crippen MR) is 133 cm³/mol. The molecule has 4 rings (SSSR count). The summed E-state index contributed by atoms with van der Waals surface area (Å²) in [7, 11) is 0. The van der Waals surface area contributed by atoms with Crippen LogP contribution in [-0.4, -0.2) is 35.6 Å². The molecule has 0 amide bonds. The first kappa shape index (κ1) is 24.9. The summed E-state index contributed by atoms with van der Waals surface area (Å²) < 4.78 is 19.1. The lowest BCUT2D eigenvalue weighted by molar-refractivity contribution is -0.174. The molecule has 182 valence electrons. The molecule has 0 bridgehead atoms. The van der Waals surface area contributed by atoms with Gasteiger partial charge in [0, 0.05) is 4.91 Å². The summed E-state index contributed by atoms with van der Waals surface area (Å²) in [5.41, 5.74) is 12.3. The zero-order chi connectivity index (χ0) is 24.3. The number of ether oxygens (including phenoxy) is 3. The third-order valence-corrected chi connectivity index (χ3v) is 6.22. The minimum Gasteiger partial charge on any atom is -0.390 e. The number of nitrogens with zero attached hydrogens (tertiary/aromatic N) is 3. The Morgan fingerprint density at radius 1 is 0.657 bits per heavy atom. The highest BCUT2D eigenvalue weighted by molar-refractivity contribution is 5.15. The monoisotopic (exact) mass is 473 g/mol. The van der Waals surface area contributed by atoms with Crippen molar-refractivity contribution in [3.8, 4) is 0 Å². The van der Waals surface area contributed by atoms with Gasteiger partial charge in [0.25, 0.3) is 0 Å². The largest absolute Gasteiger partial charge is 0.390 e. The highest BCUT2D eigenvalue weighted by Crippen LogP contribution is 2.30. The van der Waals surface area contributed by atoms with Gasteiger partial charge in [-0.25, -0.2) is 0 Å². The molecule has 7 nitrogen and oxygen atoms in total. The zero-order valence-corrected chi connectivity index (χ0v) is 19.6. The van der Waals surface area contributed by atoms with Crippen molar-refractivity contribution < 1.29 is 19.3 Å². The van der Waals surface area contributed by atoms with Crippen LogP contribution < -0.4 is 0 Å². The summed E-state index contributed by atoms with van der Waals surface area (Å²) in [6.45, 7) is 0.971. The van der Waals surface area contributed by atoms with E-state index in [4.69, 9.17) is 14.2 Å². The van der Waals surface area contributed by atoms with Crippen LogP contribution in [-0.2, 0) is 34.0 Å². The minimum atomic E-state index is -0.791. The summed E-state index contributed by atoms with van der Waals surface area (Å²) in [5, 5.41) is 15.1. The van der Waals surface area contributed by atoms with Crippen LogP contribution in [0.25, 0.3) is 10.4 Å². The number of hydrogen-bond acceptors (Lipinski definition) is 5. The lowest BCUT2D eigenvalue weighted by atomic mass is 10.0. The average Bonchev–Trinajstić information content (AvgIpc) is 3.03. The van der Waals surface area contributed by atoms with Crippen molar-refractivity contribution in [2.75, 3.05) is 0 Å². The number of aliphatic hydroxyl groups excluding tert-OH is 1. The number of hydrogen-bond donors (Lipinski definition) is 1. The van der Waals surface area contributed by atoms with Gasteiger partial charge in [-0.15, -0.1) is 0 Å². The van der Waals surface area contributed by atoms with Crippen LogP contribution in [0.1, 0.15) is 29.5 Å². The minimum absolute atomic E-state index is 0.317. The molecule has 0 heterocycles. The van der Waals surface area contributed by atoms with Gasteiger partial charge in [0.2, 0.25) is 0 Å². The maximum atomic E-state index is 11.1. The van der Waals surface area contributed by atoms with Crippen LogP contribution in [0, 0.1) is 0 Å². The second-order valence-electron chi connectivity index (χ2n) is 8.70. The van der Waals surface area contributed by atoms with E-state index < -0.39 is 30.5 Å². The molecule has 3 aromatic rings. The van der Waals surface area contributed by atoms with Crippen LogP contribution in [0.15, 0.2) is 96.1 Å². The van der Waals surface area contributed by atoms with Gasteiger partial charge in [0.05, 0.1) is 38.1 Å². The topological polar surface area (TPSA) is 96.7 Å². The Hall–Kier alpha value is -3.19. The van der Waals surface area contributed by atoms with E-state index in [-0.39, 0.29) is 0 Å². The third kappa shape index (κ3) is 7.15. The Kier molecular flexibility index (Phi) is 9.29. The molecule has 7 heteroatoms. The number of azide groups is 1. The van der Waals surface area contributed by atoms with Gasteiger partial charge in [0.1, 0.15) is 12.2 Å². The first-order chi connectivity index (χ1) is 17.2. The molecule has 3 aromatic carbocycles. The van der Waals surface area contributed by atoms with Crippen LogP contribution in [0.4, 0.5) is 0 Å². The Morgan fingerprint density at radius 2 is 1.09 bits per heavy atom. The molecule has 0 saturated heterocycles. The van der Waals surface area contributed by atoms with E-state index in [9.17, 15) is 10.6 Å². The Labute approximate surface area is 205 Å². The van der Waals surface area contributed by atoms with Crippen LogP contribution in [0.5, 0.6) is 0 Å². The maximum absolute atomic E-state index is 11.1. The summed E-state index contributed by atoms with van der Waals surface area (Å²) in [6, 6.07) is 29.0. The van der Waals surface area contributed by atoms with Gasteiger partial charge in [-0.2, -0.15) is 0 Å². The molecule has 1 N–H and O–H groups in total. The molecule has 1 fully saturated rings. The highest BCUT2D eigenvalue weighted by atomic mass is 16.6.